The van der Waals surface area contributed by atoms with Gasteiger partial charge in [0, 0.05) is 17.5 Å². The van der Waals surface area contributed by atoms with Crippen molar-refractivity contribution in [2.45, 2.75) is 70.9 Å². The first-order chi connectivity index (χ1) is 7.22. The van der Waals surface area contributed by atoms with Crippen LogP contribution in [-0.4, -0.2) is 17.0 Å². The lowest BCUT2D eigenvalue weighted by Crippen LogP contribution is -2.53. The number of carbonyl (C=O) groups is 1. The van der Waals surface area contributed by atoms with E-state index in [-0.39, 0.29) is 17.0 Å². The van der Waals surface area contributed by atoms with E-state index in [9.17, 15) is 4.79 Å². The molecule has 0 atom stereocenters. The van der Waals surface area contributed by atoms with Crippen molar-refractivity contribution in [1.29, 1.82) is 0 Å². The predicted molar refractivity (Wildman–Crippen MR) is 67.1 cm³/mol. The largest absolute Gasteiger partial charge is 0.351 e. The zero-order valence-corrected chi connectivity index (χ0v) is 11.1. The minimum Gasteiger partial charge on any atom is -0.351 e. The van der Waals surface area contributed by atoms with Gasteiger partial charge in [0.1, 0.15) is 0 Å². The predicted octanol–water partition coefficient (Wildman–Crippen LogP) is 2.20. The number of nitrogens with one attached hydrogen (secondary N) is 1. The summed E-state index contributed by atoms with van der Waals surface area (Å²) in [6.07, 6.45) is 4.63. The van der Waals surface area contributed by atoms with Crippen molar-refractivity contribution in [3.8, 4) is 0 Å². The molecule has 3 N–H and O–H groups in total. The van der Waals surface area contributed by atoms with Crippen molar-refractivity contribution in [3.63, 3.8) is 0 Å². The molecule has 16 heavy (non-hydrogen) atoms. The molecule has 1 aliphatic rings. The second-order valence-electron chi connectivity index (χ2n) is 6.42. The molecule has 3 nitrogen and oxygen atoms in total. The molecule has 0 radical (unpaired) electrons. The molecule has 1 fully saturated rings. The molecule has 0 spiro atoms. The van der Waals surface area contributed by atoms with Gasteiger partial charge in [-0.15, -0.1) is 0 Å². The normalized spacial score (nSPS) is 19.4. The number of hydrogen-bond acceptors (Lipinski definition) is 2. The van der Waals surface area contributed by atoms with E-state index in [1.54, 1.807) is 0 Å². The van der Waals surface area contributed by atoms with Crippen LogP contribution in [0.1, 0.15) is 59.8 Å². The van der Waals surface area contributed by atoms with Gasteiger partial charge in [-0.3, -0.25) is 4.79 Å². The van der Waals surface area contributed by atoms with E-state index in [4.69, 9.17) is 5.73 Å². The summed E-state index contributed by atoms with van der Waals surface area (Å²) in [4.78, 5) is 11.9. The molecule has 3 heteroatoms. The van der Waals surface area contributed by atoms with Crippen molar-refractivity contribution in [1.82, 2.24) is 5.32 Å². The summed E-state index contributed by atoms with van der Waals surface area (Å²) in [5.41, 5.74) is 5.73. The first-order valence-corrected chi connectivity index (χ1v) is 6.32. The maximum atomic E-state index is 11.9. The van der Waals surface area contributed by atoms with Crippen LogP contribution in [-0.2, 0) is 4.79 Å². The van der Waals surface area contributed by atoms with E-state index in [0.717, 1.165) is 19.3 Å². The van der Waals surface area contributed by atoms with Gasteiger partial charge in [0.2, 0.25) is 5.91 Å². The van der Waals surface area contributed by atoms with Crippen LogP contribution in [0, 0.1) is 5.92 Å². The summed E-state index contributed by atoms with van der Waals surface area (Å²) >= 11 is 0. The van der Waals surface area contributed by atoms with E-state index in [1.165, 1.54) is 6.42 Å². The third-order valence-corrected chi connectivity index (χ3v) is 3.26. The van der Waals surface area contributed by atoms with E-state index in [0.29, 0.717) is 12.3 Å². The molecule has 1 rings (SSSR count). The Morgan fingerprint density at radius 2 is 2.00 bits per heavy atom. The second kappa shape index (κ2) is 4.74. The van der Waals surface area contributed by atoms with Crippen molar-refractivity contribution in [2.75, 3.05) is 0 Å². The Hall–Kier alpha value is -0.570. The maximum Gasteiger partial charge on any atom is 0.222 e. The minimum atomic E-state index is -0.210. The molecule has 0 aliphatic heterocycles. The van der Waals surface area contributed by atoms with E-state index >= 15 is 0 Å². The number of hydrogen-bond donors (Lipinski definition) is 2. The number of amides is 1. The molecular formula is C13H26N2O. The summed E-state index contributed by atoms with van der Waals surface area (Å²) in [5, 5.41) is 3.09. The van der Waals surface area contributed by atoms with Gasteiger partial charge in [-0.05, 0) is 45.4 Å². The first-order valence-electron chi connectivity index (χ1n) is 6.32. The average Bonchev–Trinajstić information content (AvgIpc) is 1.96. The number of carbonyl (C=O) groups excluding carboxylic acids is 1. The quantitative estimate of drug-likeness (QED) is 0.755. The highest BCUT2D eigenvalue weighted by atomic mass is 16.1. The lowest BCUT2D eigenvalue weighted by molar-refractivity contribution is -0.124. The van der Waals surface area contributed by atoms with Crippen molar-refractivity contribution < 1.29 is 4.79 Å². The molecule has 1 aliphatic carbocycles. The fourth-order valence-corrected chi connectivity index (χ4v) is 2.62. The second-order valence-corrected chi connectivity index (χ2v) is 6.42. The van der Waals surface area contributed by atoms with Gasteiger partial charge in [0.05, 0.1) is 0 Å². The maximum absolute atomic E-state index is 11.9. The standard InChI is InChI=1S/C13H26N2O/c1-10(2)8-12(3,4)15-11(16)9-13(14)6-5-7-13/h10H,5-9,14H2,1-4H3,(H,15,16). The summed E-state index contributed by atoms with van der Waals surface area (Å²) in [6.45, 7) is 8.50. The minimum absolute atomic E-state index is 0.104. The molecule has 1 amide bonds. The topological polar surface area (TPSA) is 55.1 Å². The van der Waals surface area contributed by atoms with Gasteiger partial charge in [0.25, 0.3) is 0 Å². The molecule has 0 saturated heterocycles. The first kappa shape index (κ1) is 13.5. The summed E-state index contributed by atoms with van der Waals surface area (Å²) < 4.78 is 0. The molecular weight excluding hydrogens is 200 g/mol. The zero-order valence-electron chi connectivity index (χ0n) is 11.1. The van der Waals surface area contributed by atoms with Crippen LogP contribution in [0.15, 0.2) is 0 Å². The van der Waals surface area contributed by atoms with Gasteiger partial charge in [0.15, 0.2) is 0 Å². The number of rotatable bonds is 5. The van der Waals surface area contributed by atoms with Gasteiger partial charge < -0.3 is 11.1 Å². The molecule has 0 heterocycles. The highest BCUT2D eigenvalue weighted by Gasteiger charge is 2.35. The molecule has 0 aromatic heterocycles. The monoisotopic (exact) mass is 226 g/mol. The Morgan fingerprint density at radius 1 is 1.44 bits per heavy atom. The molecule has 1 saturated carbocycles. The third-order valence-electron chi connectivity index (χ3n) is 3.26. The third kappa shape index (κ3) is 4.12. The van der Waals surface area contributed by atoms with Gasteiger partial charge in [-0.1, -0.05) is 13.8 Å². The molecule has 0 bridgehead atoms. The van der Waals surface area contributed by atoms with Crippen LogP contribution < -0.4 is 11.1 Å². The van der Waals surface area contributed by atoms with Crippen molar-refractivity contribution in [2.24, 2.45) is 11.7 Å². The fraction of sp³-hybridized carbons (Fsp3) is 0.923. The van der Waals surface area contributed by atoms with E-state index in [1.807, 2.05) is 0 Å². The van der Waals surface area contributed by atoms with Crippen LogP contribution in [0.4, 0.5) is 0 Å². The Morgan fingerprint density at radius 3 is 2.38 bits per heavy atom. The summed E-state index contributed by atoms with van der Waals surface area (Å²) in [7, 11) is 0. The summed E-state index contributed by atoms with van der Waals surface area (Å²) in [5.74, 6) is 0.693. The Balaban J connectivity index is 2.38. The highest BCUT2D eigenvalue weighted by molar-refractivity contribution is 5.78. The van der Waals surface area contributed by atoms with Gasteiger partial charge >= 0.3 is 0 Å². The Bertz CT molecular complexity index is 255. The van der Waals surface area contributed by atoms with Gasteiger partial charge in [-0.25, -0.2) is 0 Å². The van der Waals surface area contributed by atoms with Crippen LogP contribution in [0.5, 0.6) is 0 Å². The molecule has 94 valence electrons. The lowest BCUT2D eigenvalue weighted by atomic mass is 9.75. The fourth-order valence-electron chi connectivity index (χ4n) is 2.62. The highest BCUT2D eigenvalue weighted by Crippen LogP contribution is 2.32. The number of nitrogens with two attached hydrogens (primary N) is 1. The lowest BCUT2D eigenvalue weighted by Gasteiger charge is -2.38. The average molecular weight is 226 g/mol. The van der Waals surface area contributed by atoms with Gasteiger partial charge in [-0.2, -0.15) is 0 Å². The van der Waals surface area contributed by atoms with Crippen LogP contribution in [0.3, 0.4) is 0 Å². The Labute approximate surface area is 99.2 Å². The van der Waals surface area contributed by atoms with Crippen LogP contribution >= 0.6 is 0 Å². The van der Waals surface area contributed by atoms with E-state index < -0.39 is 0 Å². The van der Waals surface area contributed by atoms with Crippen molar-refractivity contribution >= 4 is 5.91 Å². The molecule has 0 aromatic carbocycles. The van der Waals surface area contributed by atoms with Crippen molar-refractivity contribution in [3.05, 3.63) is 0 Å². The smallest absolute Gasteiger partial charge is 0.222 e. The summed E-state index contributed by atoms with van der Waals surface area (Å²) in [6, 6.07) is 0. The molecule has 0 unspecified atom stereocenters. The van der Waals surface area contributed by atoms with E-state index in [2.05, 4.69) is 33.0 Å². The Kier molecular flexibility index (Phi) is 4.00. The zero-order chi connectivity index (χ0) is 12.4. The SMILES string of the molecule is CC(C)CC(C)(C)NC(=O)CC1(N)CCC1. The van der Waals surface area contributed by atoms with Crippen LogP contribution in [0.2, 0.25) is 0 Å². The molecule has 0 aromatic rings. The van der Waals surface area contributed by atoms with Crippen LogP contribution in [0.25, 0.3) is 0 Å².